The molecule has 0 aliphatic carbocycles. The number of aromatic nitrogens is 3. The molecule has 1 unspecified atom stereocenters. The van der Waals surface area contributed by atoms with Crippen LogP contribution in [0.5, 0.6) is 11.5 Å². The summed E-state index contributed by atoms with van der Waals surface area (Å²) in [5.74, 6) is 3.30. The molecule has 0 spiro atoms. The third-order valence-electron chi connectivity index (χ3n) is 4.35. The largest absolute Gasteiger partial charge is 0.493 e. The maximum absolute atomic E-state index is 6.27. The van der Waals surface area contributed by atoms with Crippen molar-refractivity contribution >= 4 is 11.8 Å². The second kappa shape index (κ2) is 10.1. The zero-order valence-electron chi connectivity index (χ0n) is 16.2. The van der Waals surface area contributed by atoms with E-state index in [4.69, 9.17) is 15.2 Å². The van der Waals surface area contributed by atoms with Crippen molar-refractivity contribution in [2.24, 2.45) is 5.73 Å². The van der Waals surface area contributed by atoms with Gasteiger partial charge in [-0.2, -0.15) is 11.8 Å². The molecule has 0 radical (unpaired) electrons. The number of rotatable bonds is 10. The predicted octanol–water partition coefficient (Wildman–Crippen LogP) is 3.27. The van der Waals surface area contributed by atoms with Crippen molar-refractivity contribution in [3.63, 3.8) is 0 Å². The van der Waals surface area contributed by atoms with E-state index in [-0.39, 0.29) is 6.04 Å². The number of hydrogen-bond acceptors (Lipinski definition) is 6. The van der Waals surface area contributed by atoms with Gasteiger partial charge in [0.15, 0.2) is 11.5 Å². The minimum atomic E-state index is 0.0285. The molecule has 6 nitrogen and oxygen atoms in total. The van der Waals surface area contributed by atoms with Crippen LogP contribution < -0.4 is 15.2 Å². The third-order valence-corrected chi connectivity index (χ3v) is 5.51. The van der Waals surface area contributed by atoms with E-state index in [0.717, 1.165) is 29.2 Å². The number of aryl methyl sites for hydroxylation is 1. The summed E-state index contributed by atoms with van der Waals surface area (Å²) in [4.78, 5) is 0. The fraction of sp³-hybridized carbons (Fsp3) is 0.333. The third kappa shape index (κ3) is 5.50. The molecule has 3 aromatic rings. The van der Waals surface area contributed by atoms with Crippen LogP contribution in [0.2, 0.25) is 0 Å². The molecule has 1 aromatic heterocycles. The molecule has 148 valence electrons. The first-order valence-electron chi connectivity index (χ1n) is 9.19. The average Bonchev–Trinajstić information content (AvgIpc) is 3.19. The van der Waals surface area contributed by atoms with Gasteiger partial charge in [-0.25, -0.2) is 0 Å². The zero-order chi connectivity index (χ0) is 19.8. The van der Waals surface area contributed by atoms with Gasteiger partial charge in [0.25, 0.3) is 0 Å². The molecule has 0 amide bonds. The number of benzene rings is 2. The second-order valence-electron chi connectivity index (χ2n) is 6.47. The summed E-state index contributed by atoms with van der Waals surface area (Å²) in [5, 5.41) is 8.47. The predicted molar refractivity (Wildman–Crippen MR) is 114 cm³/mol. The Hall–Kier alpha value is -2.51. The highest BCUT2D eigenvalue weighted by atomic mass is 32.2. The molecule has 0 saturated heterocycles. The summed E-state index contributed by atoms with van der Waals surface area (Å²) in [7, 11) is 3.24. The molecule has 1 atom stereocenters. The number of nitrogens with zero attached hydrogens (tertiary/aromatic N) is 3. The van der Waals surface area contributed by atoms with Gasteiger partial charge in [0.1, 0.15) is 5.69 Å². The van der Waals surface area contributed by atoms with Gasteiger partial charge in [-0.05, 0) is 35.9 Å². The van der Waals surface area contributed by atoms with E-state index < -0.39 is 0 Å². The van der Waals surface area contributed by atoms with Crippen LogP contribution in [0.25, 0.3) is 11.3 Å². The van der Waals surface area contributed by atoms with Crippen LogP contribution in [0, 0.1) is 0 Å². The second-order valence-corrected chi connectivity index (χ2v) is 7.62. The Morgan fingerprint density at radius 3 is 2.61 bits per heavy atom. The molecule has 0 fully saturated rings. The summed E-state index contributed by atoms with van der Waals surface area (Å²) in [6.45, 7) is 0.638. The van der Waals surface area contributed by atoms with Crippen molar-refractivity contribution in [3.8, 4) is 22.8 Å². The molecular weight excluding hydrogens is 372 g/mol. The van der Waals surface area contributed by atoms with Crippen LogP contribution in [-0.2, 0) is 13.0 Å². The van der Waals surface area contributed by atoms with Crippen LogP contribution in [-0.4, -0.2) is 46.8 Å². The Balaban J connectivity index is 1.50. The van der Waals surface area contributed by atoms with Gasteiger partial charge in [-0.3, -0.25) is 4.68 Å². The maximum atomic E-state index is 6.27. The smallest absolute Gasteiger partial charge is 0.161 e. The van der Waals surface area contributed by atoms with Crippen LogP contribution in [0.1, 0.15) is 5.56 Å². The first-order valence-corrected chi connectivity index (χ1v) is 10.3. The summed E-state index contributed by atoms with van der Waals surface area (Å²) in [5.41, 5.74) is 9.34. The molecule has 0 aliphatic rings. The van der Waals surface area contributed by atoms with Gasteiger partial charge in [-0.1, -0.05) is 35.5 Å². The number of nitrogens with two attached hydrogens (primary N) is 1. The molecule has 0 saturated carbocycles. The van der Waals surface area contributed by atoms with Crippen molar-refractivity contribution in [2.45, 2.75) is 19.0 Å². The molecule has 7 heteroatoms. The minimum Gasteiger partial charge on any atom is -0.493 e. The van der Waals surface area contributed by atoms with E-state index in [0.29, 0.717) is 18.0 Å². The fourth-order valence-electron chi connectivity index (χ4n) is 2.88. The van der Waals surface area contributed by atoms with Gasteiger partial charge in [-0.15, -0.1) is 5.10 Å². The summed E-state index contributed by atoms with van der Waals surface area (Å²) in [6.07, 6.45) is 2.97. The van der Waals surface area contributed by atoms with Crippen molar-refractivity contribution in [1.29, 1.82) is 0 Å². The zero-order valence-corrected chi connectivity index (χ0v) is 17.1. The Morgan fingerprint density at radius 1 is 1.07 bits per heavy atom. The van der Waals surface area contributed by atoms with E-state index in [1.165, 1.54) is 5.56 Å². The van der Waals surface area contributed by atoms with E-state index in [1.807, 2.05) is 42.2 Å². The topological polar surface area (TPSA) is 75.2 Å². The maximum Gasteiger partial charge on any atom is 0.161 e. The lowest BCUT2D eigenvalue weighted by molar-refractivity contribution is 0.355. The molecule has 2 aromatic carbocycles. The van der Waals surface area contributed by atoms with Crippen LogP contribution in [0.3, 0.4) is 0 Å². The molecule has 2 N–H and O–H groups in total. The summed E-state index contributed by atoms with van der Waals surface area (Å²) in [6, 6.07) is 16.2. The van der Waals surface area contributed by atoms with Crippen molar-refractivity contribution in [2.75, 3.05) is 25.7 Å². The van der Waals surface area contributed by atoms with Crippen LogP contribution >= 0.6 is 11.8 Å². The molecule has 0 aliphatic heterocycles. The van der Waals surface area contributed by atoms with Crippen molar-refractivity contribution < 1.29 is 9.47 Å². The van der Waals surface area contributed by atoms with Crippen molar-refractivity contribution in [1.82, 2.24) is 15.0 Å². The Morgan fingerprint density at radius 2 is 1.86 bits per heavy atom. The number of methoxy groups -OCH3 is 2. The SMILES string of the molecule is COc1ccc(-c2cn(CC(N)CSCCc3ccccc3)nn2)cc1OC. The highest BCUT2D eigenvalue weighted by molar-refractivity contribution is 7.99. The Labute approximate surface area is 170 Å². The lowest BCUT2D eigenvalue weighted by Crippen LogP contribution is -2.29. The minimum absolute atomic E-state index is 0.0285. The van der Waals surface area contributed by atoms with E-state index in [1.54, 1.807) is 18.9 Å². The molecule has 3 rings (SSSR count). The first-order chi connectivity index (χ1) is 13.7. The van der Waals surface area contributed by atoms with E-state index >= 15 is 0 Å². The highest BCUT2D eigenvalue weighted by Gasteiger charge is 2.11. The van der Waals surface area contributed by atoms with Gasteiger partial charge < -0.3 is 15.2 Å². The number of hydrogen-bond donors (Lipinski definition) is 1. The normalized spacial score (nSPS) is 12.0. The fourth-order valence-corrected chi connectivity index (χ4v) is 3.83. The first kappa shape index (κ1) is 20.2. The van der Waals surface area contributed by atoms with E-state index in [2.05, 4.69) is 34.6 Å². The quantitative estimate of drug-likeness (QED) is 0.528. The van der Waals surface area contributed by atoms with Gasteiger partial charge in [0, 0.05) is 17.4 Å². The van der Waals surface area contributed by atoms with E-state index in [9.17, 15) is 0 Å². The van der Waals surface area contributed by atoms with Gasteiger partial charge >= 0.3 is 0 Å². The lowest BCUT2D eigenvalue weighted by Gasteiger charge is -2.11. The van der Waals surface area contributed by atoms with Gasteiger partial charge in [0.2, 0.25) is 0 Å². The lowest BCUT2D eigenvalue weighted by atomic mass is 10.1. The monoisotopic (exact) mass is 398 g/mol. The number of ether oxygens (including phenoxy) is 2. The standard InChI is InChI=1S/C21H26N4O2S/c1-26-20-9-8-17(12-21(20)27-2)19-14-25(24-23-19)13-18(22)15-28-11-10-16-6-4-3-5-7-16/h3-9,12,14,18H,10-11,13,15,22H2,1-2H3. The highest BCUT2D eigenvalue weighted by Crippen LogP contribution is 2.31. The summed E-state index contributed by atoms with van der Waals surface area (Å²) < 4.78 is 12.4. The average molecular weight is 399 g/mol. The van der Waals surface area contributed by atoms with Crippen molar-refractivity contribution in [3.05, 3.63) is 60.3 Å². The Bertz CT molecular complexity index is 870. The summed E-state index contributed by atoms with van der Waals surface area (Å²) >= 11 is 1.87. The molecule has 1 heterocycles. The number of thioether (sulfide) groups is 1. The molecule has 0 bridgehead atoms. The van der Waals surface area contributed by atoms with Crippen LogP contribution in [0.15, 0.2) is 54.7 Å². The Kier molecular flexibility index (Phi) is 7.33. The van der Waals surface area contributed by atoms with Crippen LogP contribution in [0.4, 0.5) is 0 Å². The van der Waals surface area contributed by atoms with Gasteiger partial charge in [0.05, 0.1) is 27.0 Å². The molecular formula is C21H26N4O2S. The molecule has 28 heavy (non-hydrogen) atoms.